The summed E-state index contributed by atoms with van der Waals surface area (Å²) < 4.78 is 5.59. The van der Waals surface area contributed by atoms with E-state index in [4.69, 9.17) is 4.42 Å². The van der Waals surface area contributed by atoms with Gasteiger partial charge in [-0.2, -0.15) is 0 Å². The van der Waals surface area contributed by atoms with E-state index in [9.17, 15) is 0 Å². The molecule has 0 aliphatic carbocycles. The molecule has 0 atom stereocenters. The highest BCUT2D eigenvalue weighted by Crippen LogP contribution is 2.23. The summed E-state index contributed by atoms with van der Waals surface area (Å²) >= 11 is 0. The van der Waals surface area contributed by atoms with Crippen LogP contribution in [0.5, 0.6) is 0 Å². The molecule has 2 aromatic heterocycles. The first-order valence-corrected chi connectivity index (χ1v) is 5.24. The number of aryl methyl sites for hydroxylation is 1. The van der Waals surface area contributed by atoms with Crippen molar-refractivity contribution in [3.63, 3.8) is 0 Å². The number of nitrogens with zero attached hydrogens (tertiary/aromatic N) is 1. The van der Waals surface area contributed by atoms with Crippen LogP contribution in [0.4, 0.5) is 0 Å². The molecular weight excluding hydrogens is 198 g/mol. The molecule has 0 aliphatic heterocycles. The maximum absolute atomic E-state index is 5.59. The Hall–Kier alpha value is -2.09. The summed E-state index contributed by atoms with van der Waals surface area (Å²) in [6.45, 7) is 1.95. The van der Waals surface area contributed by atoms with Gasteiger partial charge in [0.05, 0.1) is 5.69 Å². The molecule has 0 N–H and O–H groups in total. The van der Waals surface area contributed by atoms with Crippen molar-refractivity contribution in [3.05, 3.63) is 54.4 Å². The Kier molecular flexibility index (Phi) is 2.00. The van der Waals surface area contributed by atoms with Gasteiger partial charge in [-0.3, -0.25) is 4.98 Å². The summed E-state index contributed by atoms with van der Waals surface area (Å²) in [4.78, 5) is 4.43. The maximum atomic E-state index is 5.59. The van der Waals surface area contributed by atoms with Crippen molar-refractivity contribution < 1.29 is 4.42 Å². The average Bonchev–Trinajstić information content (AvgIpc) is 2.69. The highest BCUT2D eigenvalue weighted by molar-refractivity contribution is 5.81. The van der Waals surface area contributed by atoms with Gasteiger partial charge in [0, 0.05) is 23.2 Å². The number of rotatable bonds is 1. The molecule has 0 saturated carbocycles. The van der Waals surface area contributed by atoms with Gasteiger partial charge in [-0.25, -0.2) is 0 Å². The summed E-state index contributed by atoms with van der Waals surface area (Å²) in [5.74, 6) is 0.919. The van der Waals surface area contributed by atoms with Crippen LogP contribution in [0.15, 0.2) is 53.1 Å². The van der Waals surface area contributed by atoms with E-state index in [1.165, 1.54) is 0 Å². The minimum absolute atomic E-state index is 0.895. The summed E-state index contributed by atoms with van der Waals surface area (Å²) in [6.07, 6.45) is 1.86. The fourth-order valence-corrected chi connectivity index (χ4v) is 1.83. The molecule has 0 aliphatic rings. The predicted molar refractivity (Wildman–Crippen MR) is 64.2 cm³/mol. The Morgan fingerprint density at radius 3 is 2.69 bits per heavy atom. The van der Waals surface area contributed by atoms with Crippen LogP contribution in [-0.4, -0.2) is 4.98 Å². The van der Waals surface area contributed by atoms with Crippen LogP contribution < -0.4 is 0 Å². The lowest BCUT2D eigenvalue weighted by molar-refractivity contribution is 0.578. The molecule has 0 bridgehead atoms. The second kappa shape index (κ2) is 3.49. The first-order valence-electron chi connectivity index (χ1n) is 5.24. The van der Waals surface area contributed by atoms with Crippen LogP contribution in [0.1, 0.15) is 5.76 Å². The molecule has 2 nitrogen and oxygen atoms in total. The van der Waals surface area contributed by atoms with Crippen molar-refractivity contribution in [2.24, 2.45) is 0 Å². The molecule has 0 radical (unpaired) electrons. The third-order valence-electron chi connectivity index (χ3n) is 2.59. The molecule has 0 saturated heterocycles. The Balaban J connectivity index is 2.18. The maximum Gasteiger partial charge on any atom is 0.137 e. The van der Waals surface area contributed by atoms with E-state index in [-0.39, 0.29) is 0 Å². The van der Waals surface area contributed by atoms with E-state index in [1.807, 2.05) is 55.6 Å². The summed E-state index contributed by atoms with van der Waals surface area (Å²) in [5.41, 5.74) is 2.95. The second-order valence-corrected chi connectivity index (χ2v) is 3.83. The third-order valence-corrected chi connectivity index (χ3v) is 2.59. The summed E-state index contributed by atoms with van der Waals surface area (Å²) in [6, 6.07) is 14.1. The number of benzene rings is 1. The van der Waals surface area contributed by atoms with Gasteiger partial charge in [-0.05, 0) is 13.0 Å². The van der Waals surface area contributed by atoms with Crippen LogP contribution in [0.25, 0.3) is 22.2 Å². The number of furan rings is 1. The van der Waals surface area contributed by atoms with Crippen molar-refractivity contribution in [2.75, 3.05) is 0 Å². The lowest BCUT2D eigenvalue weighted by Crippen LogP contribution is -1.81. The van der Waals surface area contributed by atoms with Gasteiger partial charge >= 0.3 is 0 Å². The minimum Gasteiger partial charge on any atom is -0.461 e. The summed E-state index contributed by atoms with van der Waals surface area (Å²) in [5, 5.41) is 1.05. The van der Waals surface area contributed by atoms with E-state index >= 15 is 0 Å². The van der Waals surface area contributed by atoms with Gasteiger partial charge in [0.2, 0.25) is 0 Å². The summed E-state index contributed by atoms with van der Waals surface area (Å²) in [7, 11) is 0. The van der Waals surface area contributed by atoms with E-state index in [2.05, 4.69) is 4.98 Å². The van der Waals surface area contributed by atoms with Crippen molar-refractivity contribution in [1.82, 2.24) is 4.98 Å². The molecule has 3 rings (SSSR count). The van der Waals surface area contributed by atoms with Crippen LogP contribution >= 0.6 is 0 Å². The van der Waals surface area contributed by atoms with Gasteiger partial charge in [0.15, 0.2) is 0 Å². The van der Waals surface area contributed by atoms with Crippen molar-refractivity contribution >= 4 is 11.0 Å². The highest BCUT2D eigenvalue weighted by atomic mass is 16.3. The van der Waals surface area contributed by atoms with E-state index < -0.39 is 0 Å². The monoisotopic (exact) mass is 209 g/mol. The normalized spacial score (nSPS) is 10.8. The smallest absolute Gasteiger partial charge is 0.137 e. The van der Waals surface area contributed by atoms with Gasteiger partial charge in [-0.1, -0.05) is 30.3 Å². The number of aromatic nitrogens is 1. The highest BCUT2D eigenvalue weighted by Gasteiger charge is 2.04. The molecule has 0 amide bonds. The molecule has 3 aromatic rings. The Morgan fingerprint density at radius 2 is 1.88 bits per heavy atom. The van der Waals surface area contributed by atoms with Gasteiger partial charge < -0.3 is 4.42 Å². The van der Waals surface area contributed by atoms with E-state index in [0.29, 0.717) is 0 Å². The quantitative estimate of drug-likeness (QED) is 0.609. The fraction of sp³-hybridized carbons (Fsp3) is 0.0714. The van der Waals surface area contributed by atoms with Crippen LogP contribution in [0, 0.1) is 6.92 Å². The molecule has 1 aromatic carbocycles. The zero-order valence-electron chi connectivity index (χ0n) is 8.97. The molecule has 2 heteroatoms. The lowest BCUT2D eigenvalue weighted by atomic mass is 10.1. The third kappa shape index (κ3) is 1.48. The van der Waals surface area contributed by atoms with Crippen LogP contribution in [0.3, 0.4) is 0 Å². The SMILES string of the molecule is Cc1cc2cnc(-c3ccccc3)cc2o1. The molecule has 0 spiro atoms. The lowest BCUT2D eigenvalue weighted by Gasteiger charge is -1.99. The van der Waals surface area contributed by atoms with Gasteiger partial charge in [-0.15, -0.1) is 0 Å². The number of hydrogen-bond acceptors (Lipinski definition) is 2. The zero-order chi connectivity index (χ0) is 11.0. The number of fused-ring (bicyclic) bond motifs is 1. The van der Waals surface area contributed by atoms with Crippen molar-refractivity contribution in [2.45, 2.75) is 6.92 Å². The number of pyridine rings is 1. The molecule has 78 valence electrons. The second-order valence-electron chi connectivity index (χ2n) is 3.83. The number of hydrogen-bond donors (Lipinski definition) is 0. The molecule has 2 heterocycles. The molecular formula is C14H11NO. The van der Waals surface area contributed by atoms with E-state index in [0.717, 1.165) is 28.0 Å². The topological polar surface area (TPSA) is 26.0 Å². The first kappa shape index (κ1) is 9.16. The molecule has 16 heavy (non-hydrogen) atoms. The largest absolute Gasteiger partial charge is 0.461 e. The Morgan fingerprint density at radius 1 is 1.06 bits per heavy atom. The standard InChI is InChI=1S/C14H11NO/c1-10-7-12-9-15-13(8-14(12)16-10)11-5-3-2-4-6-11/h2-9H,1H3. The van der Waals surface area contributed by atoms with Crippen molar-refractivity contribution in [1.29, 1.82) is 0 Å². The zero-order valence-corrected chi connectivity index (χ0v) is 8.97. The Labute approximate surface area is 93.5 Å². The van der Waals surface area contributed by atoms with Crippen molar-refractivity contribution in [3.8, 4) is 11.3 Å². The first-order chi connectivity index (χ1) is 7.83. The average molecular weight is 209 g/mol. The van der Waals surface area contributed by atoms with Gasteiger partial charge in [0.25, 0.3) is 0 Å². The molecule has 0 unspecified atom stereocenters. The van der Waals surface area contributed by atoms with Gasteiger partial charge in [0.1, 0.15) is 11.3 Å². The van der Waals surface area contributed by atoms with E-state index in [1.54, 1.807) is 0 Å². The van der Waals surface area contributed by atoms with Crippen LogP contribution in [-0.2, 0) is 0 Å². The van der Waals surface area contributed by atoms with Crippen LogP contribution in [0.2, 0.25) is 0 Å². The Bertz CT molecular complexity index is 626. The predicted octanol–water partition coefficient (Wildman–Crippen LogP) is 3.80. The molecule has 0 fully saturated rings. The minimum atomic E-state index is 0.895. The fourth-order valence-electron chi connectivity index (χ4n) is 1.83.